The summed E-state index contributed by atoms with van der Waals surface area (Å²) in [7, 11) is 0. The van der Waals surface area contributed by atoms with Gasteiger partial charge >= 0.3 is 0 Å². The number of rotatable bonds is 12. The summed E-state index contributed by atoms with van der Waals surface area (Å²) < 4.78 is 16.0. The van der Waals surface area contributed by atoms with Crippen LogP contribution in [-0.2, 0) is 10.8 Å². The van der Waals surface area contributed by atoms with Gasteiger partial charge in [-0.05, 0) is 186 Å². The van der Waals surface area contributed by atoms with Crippen LogP contribution in [0.25, 0.3) is 22.3 Å². The molecule has 4 atom stereocenters. The van der Waals surface area contributed by atoms with Crippen molar-refractivity contribution in [3.05, 3.63) is 203 Å². The van der Waals surface area contributed by atoms with E-state index in [-0.39, 0.29) is 24.3 Å². The summed E-state index contributed by atoms with van der Waals surface area (Å²) in [5.74, 6) is 5.15. The Morgan fingerprint density at radius 3 is 1.01 bits per heavy atom. The molecule has 4 aliphatic rings. The maximum Gasteiger partial charge on any atom is 0.256 e. The standard InChI is InChI=1S/C78H82B2N2O2/c1-15-47(5)51-23-35-61(36-24-51)81-67-41-29-55(49(7)17-3)43-65(67)79-63-39-27-58(54-21-33-60(34-22-54)78(12,13)14)46-70(63)84-76-71(79)73(81)75-72-74(76)82(62-37-25-52(26-38-62)48(6)16-2)68-42-30-56(50(8)18-4)44-66(68)80(72)64-40-28-57(45-69(64)83-75)53-19-31-59(32-20-53)77(9,10)11/h19-50H,15-18H2,1-14H3. The van der Waals surface area contributed by atoms with Crippen LogP contribution in [0.5, 0.6) is 23.0 Å². The average molecular weight is 1100 g/mol. The predicted molar refractivity (Wildman–Crippen MR) is 361 cm³/mol. The normalized spacial score (nSPS) is 15.1. The monoisotopic (exact) mass is 1100 g/mol. The van der Waals surface area contributed by atoms with Gasteiger partial charge in [-0.3, -0.25) is 0 Å². The molecular weight excluding hydrogens is 1020 g/mol. The van der Waals surface area contributed by atoms with Gasteiger partial charge in [-0.15, -0.1) is 0 Å². The van der Waals surface area contributed by atoms with Gasteiger partial charge in [-0.25, -0.2) is 0 Å². The second-order valence-electron chi connectivity index (χ2n) is 27.1. The Balaban J connectivity index is 1.15. The third-order valence-corrected chi connectivity index (χ3v) is 19.9. The van der Waals surface area contributed by atoms with Crippen LogP contribution in [0.2, 0.25) is 0 Å². The molecule has 0 amide bonds. The topological polar surface area (TPSA) is 24.9 Å². The minimum Gasteiger partial charge on any atom is -0.456 e. The van der Waals surface area contributed by atoms with Gasteiger partial charge in [0.2, 0.25) is 0 Å². The van der Waals surface area contributed by atoms with Gasteiger partial charge in [0.1, 0.15) is 23.0 Å². The maximum absolute atomic E-state index is 8.00. The molecule has 13 rings (SSSR count). The van der Waals surface area contributed by atoms with Crippen molar-refractivity contribution >= 4 is 80.3 Å². The Bertz CT molecular complexity index is 3740. The highest BCUT2D eigenvalue weighted by atomic mass is 16.5. The summed E-state index contributed by atoms with van der Waals surface area (Å²) >= 11 is 0. The molecule has 0 saturated carbocycles. The first-order valence-corrected chi connectivity index (χ1v) is 31.6. The molecule has 6 heteroatoms. The van der Waals surface area contributed by atoms with Gasteiger partial charge in [0, 0.05) is 33.7 Å². The third-order valence-electron chi connectivity index (χ3n) is 19.9. The number of ether oxygens (including phenoxy) is 2. The number of hydrogen-bond donors (Lipinski definition) is 0. The summed E-state index contributed by atoms with van der Waals surface area (Å²) in [4.78, 5) is 5.10. The molecule has 84 heavy (non-hydrogen) atoms. The molecule has 0 aromatic heterocycles. The lowest BCUT2D eigenvalue weighted by atomic mass is 9.31. The van der Waals surface area contributed by atoms with E-state index >= 15 is 0 Å². The second-order valence-corrected chi connectivity index (χ2v) is 27.1. The van der Waals surface area contributed by atoms with E-state index in [0.29, 0.717) is 23.7 Å². The van der Waals surface area contributed by atoms with Gasteiger partial charge in [-0.2, -0.15) is 0 Å². The van der Waals surface area contributed by atoms with Crippen LogP contribution >= 0.6 is 0 Å². The molecule has 4 nitrogen and oxygen atoms in total. The summed E-state index contributed by atoms with van der Waals surface area (Å²) in [6.45, 7) is 32.0. The molecule has 4 heterocycles. The second kappa shape index (κ2) is 21.1. The number of hydrogen-bond acceptors (Lipinski definition) is 4. The van der Waals surface area contributed by atoms with Crippen molar-refractivity contribution in [1.82, 2.24) is 0 Å². The fraction of sp³-hybridized carbons (Fsp3) is 0.308. The van der Waals surface area contributed by atoms with Gasteiger partial charge in [0.05, 0.1) is 11.4 Å². The summed E-state index contributed by atoms with van der Waals surface area (Å²) in [6.07, 6.45) is 4.23. The van der Waals surface area contributed by atoms with Gasteiger partial charge in [0.15, 0.2) is 0 Å². The summed E-state index contributed by atoms with van der Waals surface area (Å²) in [5, 5.41) is 0. The van der Waals surface area contributed by atoms with Crippen LogP contribution in [-0.4, -0.2) is 13.4 Å². The van der Waals surface area contributed by atoms with Crippen molar-refractivity contribution in [2.75, 3.05) is 9.80 Å². The average Bonchev–Trinajstić information content (AvgIpc) is 1.21. The number of anilines is 6. The van der Waals surface area contributed by atoms with Crippen molar-refractivity contribution in [2.45, 2.75) is 157 Å². The zero-order valence-corrected chi connectivity index (χ0v) is 52.2. The Kier molecular flexibility index (Phi) is 14.0. The van der Waals surface area contributed by atoms with E-state index in [9.17, 15) is 0 Å². The highest BCUT2D eigenvalue weighted by Crippen LogP contribution is 2.55. The fourth-order valence-corrected chi connectivity index (χ4v) is 13.7. The van der Waals surface area contributed by atoms with E-state index in [1.165, 1.54) is 66.8 Å². The highest BCUT2D eigenvalue weighted by molar-refractivity contribution is 7.02. The molecule has 0 saturated heterocycles. The van der Waals surface area contributed by atoms with Crippen molar-refractivity contribution in [3.8, 4) is 45.3 Å². The molecule has 0 N–H and O–H groups in total. The molecule has 9 aromatic rings. The van der Waals surface area contributed by atoms with Crippen LogP contribution in [0.15, 0.2) is 170 Å². The van der Waals surface area contributed by atoms with Crippen molar-refractivity contribution in [2.24, 2.45) is 0 Å². The lowest BCUT2D eigenvalue weighted by Crippen LogP contribution is -2.64. The molecule has 9 aromatic carbocycles. The minimum absolute atomic E-state index is 0.0451. The molecule has 0 radical (unpaired) electrons. The number of fused-ring (bicyclic) bond motifs is 10. The van der Waals surface area contributed by atoms with Gasteiger partial charge < -0.3 is 19.3 Å². The molecule has 0 bridgehead atoms. The first kappa shape index (κ1) is 55.5. The smallest absolute Gasteiger partial charge is 0.256 e. The van der Waals surface area contributed by atoms with Crippen LogP contribution < -0.4 is 52.1 Å². The van der Waals surface area contributed by atoms with E-state index in [1.54, 1.807) is 0 Å². The van der Waals surface area contributed by atoms with Crippen molar-refractivity contribution in [3.63, 3.8) is 0 Å². The van der Waals surface area contributed by atoms with E-state index in [0.717, 1.165) is 104 Å². The Morgan fingerprint density at radius 1 is 0.357 bits per heavy atom. The Morgan fingerprint density at radius 2 is 0.679 bits per heavy atom. The SMILES string of the molecule is CCC(C)c1ccc(N2c3ccc(C(C)CC)cc3B3c4ccc(-c5ccc(C(C)(C)C)cc5)cc4Oc4c3c2c2c3c4N(c4ccc(C(C)CC)cc4)c4ccc(C(C)CC)cc4B3c3ccc(-c4ccc(C(C)(C)C)cc4)cc3O2)cc1. The number of nitrogens with zero attached hydrogens (tertiary/aromatic N) is 2. The molecule has 422 valence electrons. The predicted octanol–water partition coefficient (Wildman–Crippen LogP) is 18.5. The molecule has 0 fully saturated rings. The third kappa shape index (κ3) is 9.20. The summed E-state index contributed by atoms with van der Waals surface area (Å²) in [6, 6.07) is 65.9. The van der Waals surface area contributed by atoms with Crippen LogP contribution in [0.4, 0.5) is 34.1 Å². The number of benzene rings is 9. The first-order valence-electron chi connectivity index (χ1n) is 31.6. The zero-order valence-electron chi connectivity index (χ0n) is 52.2. The molecule has 0 aliphatic carbocycles. The quantitative estimate of drug-likeness (QED) is 0.114. The van der Waals surface area contributed by atoms with Crippen LogP contribution in [0.3, 0.4) is 0 Å². The fourth-order valence-electron chi connectivity index (χ4n) is 13.7. The highest BCUT2D eigenvalue weighted by Gasteiger charge is 2.52. The molecule has 4 unspecified atom stereocenters. The Labute approximate surface area is 502 Å². The van der Waals surface area contributed by atoms with Crippen molar-refractivity contribution < 1.29 is 9.47 Å². The van der Waals surface area contributed by atoms with E-state index in [1.807, 2.05) is 0 Å². The maximum atomic E-state index is 8.00. The zero-order chi connectivity index (χ0) is 58.7. The van der Waals surface area contributed by atoms with Crippen LogP contribution in [0, 0.1) is 0 Å². The molecule has 4 aliphatic heterocycles. The van der Waals surface area contributed by atoms with E-state index in [4.69, 9.17) is 9.47 Å². The Hall–Kier alpha value is -7.69. The van der Waals surface area contributed by atoms with E-state index in [2.05, 4.69) is 277 Å². The van der Waals surface area contributed by atoms with Crippen LogP contribution in [0.1, 0.15) is 180 Å². The van der Waals surface area contributed by atoms with Crippen molar-refractivity contribution in [1.29, 1.82) is 0 Å². The molecular formula is C78H82B2N2O2. The molecule has 0 spiro atoms. The lowest BCUT2D eigenvalue weighted by molar-refractivity contribution is 0.477. The van der Waals surface area contributed by atoms with E-state index < -0.39 is 0 Å². The largest absolute Gasteiger partial charge is 0.456 e. The van der Waals surface area contributed by atoms with Gasteiger partial charge in [0.25, 0.3) is 13.4 Å². The summed E-state index contributed by atoms with van der Waals surface area (Å²) in [5.41, 5.74) is 26.5. The van der Waals surface area contributed by atoms with Gasteiger partial charge in [-0.1, -0.05) is 218 Å². The minimum atomic E-state index is -0.188. The first-order chi connectivity index (χ1) is 40.4. The lowest BCUT2D eigenvalue weighted by Gasteiger charge is -2.47.